The Kier molecular flexibility index (Phi) is 11.0. The Bertz CT molecular complexity index is 1070. The second-order valence-corrected chi connectivity index (χ2v) is 9.58. The van der Waals surface area contributed by atoms with Crippen molar-refractivity contribution in [1.29, 1.82) is 0 Å². The molecular formula is C32H39FO3. The average Bonchev–Trinajstić information content (AvgIpc) is 2.90. The highest BCUT2D eigenvalue weighted by atomic mass is 19.1. The third-order valence-electron chi connectivity index (χ3n) is 6.57. The molecule has 3 aromatic rings. The van der Waals surface area contributed by atoms with E-state index in [1.807, 2.05) is 36.4 Å². The molecule has 0 heterocycles. The Morgan fingerprint density at radius 3 is 2.03 bits per heavy atom. The summed E-state index contributed by atoms with van der Waals surface area (Å²) in [6, 6.07) is 19.9. The molecule has 0 aliphatic carbocycles. The fraction of sp³-hybridized carbons (Fsp3) is 0.406. The zero-order valence-electron chi connectivity index (χ0n) is 21.9. The van der Waals surface area contributed by atoms with Crippen molar-refractivity contribution in [2.75, 3.05) is 6.61 Å². The van der Waals surface area contributed by atoms with Crippen LogP contribution in [-0.4, -0.2) is 12.6 Å². The Morgan fingerprint density at radius 1 is 0.806 bits per heavy atom. The van der Waals surface area contributed by atoms with Crippen molar-refractivity contribution in [3.8, 4) is 22.6 Å². The number of hydrogen-bond donors (Lipinski definition) is 0. The first-order chi connectivity index (χ1) is 17.5. The van der Waals surface area contributed by atoms with Crippen molar-refractivity contribution in [1.82, 2.24) is 0 Å². The predicted octanol–water partition coefficient (Wildman–Crippen LogP) is 9.04. The van der Waals surface area contributed by atoms with Crippen LogP contribution in [0, 0.1) is 11.7 Å². The van der Waals surface area contributed by atoms with E-state index in [1.165, 1.54) is 38.2 Å². The van der Waals surface area contributed by atoms with Crippen LogP contribution in [0.3, 0.4) is 0 Å². The molecule has 0 amide bonds. The predicted molar refractivity (Wildman–Crippen MR) is 145 cm³/mol. The Hall–Kier alpha value is -3.14. The van der Waals surface area contributed by atoms with Gasteiger partial charge in [-0.1, -0.05) is 89.6 Å². The van der Waals surface area contributed by atoms with Crippen LogP contribution in [0.2, 0.25) is 0 Å². The summed E-state index contributed by atoms with van der Waals surface area (Å²) in [5.41, 5.74) is 2.90. The summed E-state index contributed by atoms with van der Waals surface area (Å²) in [7, 11) is 0. The van der Waals surface area contributed by atoms with Crippen LogP contribution < -0.4 is 9.47 Å². The smallest absolute Gasteiger partial charge is 0.343 e. The maximum Gasteiger partial charge on any atom is 0.343 e. The summed E-state index contributed by atoms with van der Waals surface area (Å²) in [6.07, 6.45) is 9.12. The van der Waals surface area contributed by atoms with Crippen LogP contribution in [0.15, 0.2) is 66.7 Å². The SMILES string of the molecule is CCCCCCCCOc1ccc(-c2ccc(OC(=O)c3ccc(CC(C)CC)c(F)c3)cc2)cc1. The normalized spacial score (nSPS) is 11.8. The minimum absolute atomic E-state index is 0.209. The summed E-state index contributed by atoms with van der Waals surface area (Å²) in [4.78, 5) is 12.5. The lowest BCUT2D eigenvalue weighted by Gasteiger charge is -2.11. The summed E-state index contributed by atoms with van der Waals surface area (Å²) in [6.45, 7) is 7.15. The minimum atomic E-state index is -0.566. The molecule has 4 heteroatoms. The number of halogens is 1. The van der Waals surface area contributed by atoms with Crippen LogP contribution in [0.5, 0.6) is 11.5 Å². The van der Waals surface area contributed by atoms with Crippen LogP contribution in [0.4, 0.5) is 4.39 Å². The average molecular weight is 491 g/mol. The molecular weight excluding hydrogens is 451 g/mol. The number of rotatable bonds is 14. The highest BCUT2D eigenvalue weighted by Crippen LogP contribution is 2.25. The van der Waals surface area contributed by atoms with Crippen LogP contribution in [0.1, 0.15) is 81.6 Å². The van der Waals surface area contributed by atoms with Gasteiger partial charge in [0.15, 0.2) is 0 Å². The largest absolute Gasteiger partial charge is 0.494 e. The van der Waals surface area contributed by atoms with E-state index in [9.17, 15) is 9.18 Å². The van der Waals surface area contributed by atoms with Gasteiger partial charge < -0.3 is 9.47 Å². The first kappa shape index (κ1) is 27.4. The molecule has 0 fully saturated rings. The number of carbonyl (C=O) groups excluding carboxylic acids is 1. The number of carbonyl (C=O) groups is 1. The van der Waals surface area contributed by atoms with Gasteiger partial charge in [0.25, 0.3) is 0 Å². The van der Waals surface area contributed by atoms with Gasteiger partial charge in [-0.15, -0.1) is 0 Å². The monoisotopic (exact) mass is 490 g/mol. The quantitative estimate of drug-likeness (QED) is 0.128. The molecule has 0 saturated heterocycles. The van der Waals surface area contributed by atoms with Gasteiger partial charge in [0.1, 0.15) is 17.3 Å². The summed E-state index contributed by atoms with van der Waals surface area (Å²) < 4.78 is 25.8. The topological polar surface area (TPSA) is 35.5 Å². The van der Waals surface area contributed by atoms with E-state index in [0.29, 0.717) is 23.7 Å². The van der Waals surface area contributed by atoms with Crippen molar-refractivity contribution in [2.45, 2.75) is 72.1 Å². The molecule has 192 valence electrons. The Morgan fingerprint density at radius 2 is 1.42 bits per heavy atom. The molecule has 0 aromatic heterocycles. The third-order valence-corrected chi connectivity index (χ3v) is 6.57. The van der Waals surface area contributed by atoms with E-state index < -0.39 is 5.97 Å². The fourth-order valence-corrected chi connectivity index (χ4v) is 4.06. The summed E-state index contributed by atoms with van der Waals surface area (Å²) in [5, 5.41) is 0. The van der Waals surface area contributed by atoms with Crippen LogP contribution in [0.25, 0.3) is 11.1 Å². The third kappa shape index (κ3) is 8.51. The molecule has 0 radical (unpaired) electrons. The summed E-state index contributed by atoms with van der Waals surface area (Å²) in [5.74, 6) is 0.764. The van der Waals surface area contributed by atoms with Gasteiger partial charge in [0, 0.05) is 0 Å². The Balaban J connectivity index is 1.50. The van der Waals surface area contributed by atoms with Crippen molar-refractivity contribution >= 4 is 5.97 Å². The molecule has 36 heavy (non-hydrogen) atoms. The van der Waals surface area contributed by atoms with Gasteiger partial charge in [-0.3, -0.25) is 0 Å². The van der Waals surface area contributed by atoms with E-state index in [-0.39, 0.29) is 11.4 Å². The second-order valence-electron chi connectivity index (χ2n) is 9.58. The second kappa shape index (κ2) is 14.4. The van der Waals surface area contributed by atoms with Gasteiger partial charge >= 0.3 is 5.97 Å². The Labute approximate surface area is 215 Å². The molecule has 0 spiro atoms. The zero-order chi connectivity index (χ0) is 25.8. The molecule has 1 atom stereocenters. The number of esters is 1. The van der Waals surface area contributed by atoms with Crippen LogP contribution >= 0.6 is 0 Å². The van der Waals surface area contributed by atoms with Crippen molar-refractivity contribution in [3.63, 3.8) is 0 Å². The van der Waals surface area contributed by atoms with E-state index in [0.717, 1.165) is 36.3 Å². The maximum absolute atomic E-state index is 14.4. The van der Waals surface area contributed by atoms with E-state index >= 15 is 0 Å². The molecule has 0 saturated carbocycles. The lowest BCUT2D eigenvalue weighted by molar-refractivity contribution is 0.0734. The first-order valence-corrected chi connectivity index (χ1v) is 13.3. The highest BCUT2D eigenvalue weighted by Gasteiger charge is 2.13. The molecule has 0 aliphatic rings. The van der Waals surface area contributed by atoms with E-state index in [2.05, 4.69) is 20.8 Å². The lowest BCUT2D eigenvalue weighted by atomic mass is 9.97. The van der Waals surface area contributed by atoms with Crippen LogP contribution in [-0.2, 0) is 6.42 Å². The van der Waals surface area contributed by atoms with Crippen molar-refractivity contribution in [2.24, 2.45) is 5.92 Å². The number of unbranched alkanes of at least 4 members (excludes halogenated alkanes) is 5. The van der Waals surface area contributed by atoms with Gasteiger partial charge in [0.2, 0.25) is 0 Å². The molecule has 0 bridgehead atoms. The minimum Gasteiger partial charge on any atom is -0.494 e. The van der Waals surface area contributed by atoms with Gasteiger partial charge in [-0.05, 0) is 71.8 Å². The van der Waals surface area contributed by atoms with Gasteiger partial charge in [-0.25, -0.2) is 9.18 Å². The molecule has 0 N–H and O–H groups in total. The van der Waals surface area contributed by atoms with Gasteiger partial charge in [-0.2, -0.15) is 0 Å². The van der Waals surface area contributed by atoms with Crippen molar-refractivity contribution < 1.29 is 18.7 Å². The summed E-state index contributed by atoms with van der Waals surface area (Å²) >= 11 is 0. The van der Waals surface area contributed by atoms with E-state index in [4.69, 9.17) is 9.47 Å². The molecule has 3 rings (SSSR count). The molecule has 0 aliphatic heterocycles. The number of hydrogen-bond acceptors (Lipinski definition) is 3. The standard InChI is InChI=1S/C32H39FO3/c1-4-6-7-8-9-10-21-35-29-17-13-25(14-18-29)26-15-19-30(20-16-26)36-32(34)28-12-11-27(31(33)23-28)22-24(3)5-2/h11-20,23-24H,4-10,21-22H2,1-3H3. The fourth-order valence-electron chi connectivity index (χ4n) is 4.06. The zero-order valence-corrected chi connectivity index (χ0v) is 21.9. The lowest BCUT2D eigenvalue weighted by Crippen LogP contribution is -2.10. The van der Waals surface area contributed by atoms with E-state index in [1.54, 1.807) is 24.3 Å². The first-order valence-electron chi connectivity index (χ1n) is 13.3. The molecule has 1 unspecified atom stereocenters. The molecule has 3 nitrogen and oxygen atoms in total. The maximum atomic E-state index is 14.4. The van der Waals surface area contributed by atoms with Gasteiger partial charge in [0.05, 0.1) is 12.2 Å². The number of benzene rings is 3. The highest BCUT2D eigenvalue weighted by molar-refractivity contribution is 5.91. The van der Waals surface area contributed by atoms with Crippen molar-refractivity contribution in [3.05, 3.63) is 83.7 Å². The number of ether oxygens (including phenoxy) is 2. The molecule has 3 aromatic carbocycles.